The van der Waals surface area contributed by atoms with E-state index in [1.165, 1.54) is 5.56 Å². The molecule has 4 nitrogen and oxygen atoms in total. The van der Waals surface area contributed by atoms with Crippen molar-refractivity contribution < 1.29 is 4.79 Å². The summed E-state index contributed by atoms with van der Waals surface area (Å²) in [5.41, 5.74) is 3.25. The number of rotatable bonds is 4. The molecule has 1 aromatic carbocycles. The Labute approximate surface area is 139 Å². The van der Waals surface area contributed by atoms with Gasteiger partial charge in [0.15, 0.2) is 0 Å². The molecule has 1 amide bonds. The normalized spacial score (nSPS) is 17.0. The molecule has 21 heavy (non-hydrogen) atoms. The average Bonchev–Trinajstić information content (AvgIpc) is 2.86. The second-order valence-electron chi connectivity index (χ2n) is 5.53. The van der Waals surface area contributed by atoms with Crippen LogP contribution in [0.3, 0.4) is 0 Å². The molecule has 1 aromatic rings. The lowest BCUT2D eigenvalue weighted by atomic mass is 10.1. The number of aryl methyl sites for hydroxylation is 1. The summed E-state index contributed by atoms with van der Waals surface area (Å²) in [5.74, 6) is 0.0857. The smallest absolute Gasteiger partial charge is 0.241 e. The molecule has 1 heterocycles. The summed E-state index contributed by atoms with van der Waals surface area (Å²) in [6, 6.07) is 6.22. The molecule has 0 radical (unpaired) electrons. The zero-order valence-corrected chi connectivity index (χ0v) is 14.4. The van der Waals surface area contributed by atoms with Gasteiger partial charge in [0.1, 0.15) is 0 Å². The minimum atomic E-state index is -0.0306. The summed E-state index contributed by atoms with van der Waals surface area (Å²) in [7, 11) is 4.08. The van der Waals surface area contributed by atoms with Crippen LogP contribution in [-0.2, 0) is 11.3 Å². The summed E-state index contributed by atoms with van der Waals surface area (Å²) >= 11 is 0. The van der Waals surface area contributed by atoms with E-state index < -0.39 is 0 Å². The lowest BCUT2D eigenvalue weighted by Gasteiger charge is -2.15. The molecule has 2 N–H and O–H groups in total. The van der Waals surface area contributed by atoms with E-state index in [-0.39, 0.29) is 36.8 Å². The van der Waals surface area contributed by atoms with Gasteiger partial charge in [0.2, 0.25) is 5.91 Å². The molecule has 6 heteroatoms. The number of halogens is 2. The lowest BCUT2D eigenvalue weighted by Crippen LogP contribution is -2.35. The number of hydrogen-bond donors (Lipinski definition) is 2. The molecule has 0 aliphatic carbocycles. The van der Waals surface area contributed by atoms with Crippen molar-refractivity contribution in [3.8, 4) is 0 Å². The number of hydrogen-bond acceptors (Lipinski definition) is 3. The SMILES string of the molecule is Cc1ccc(CN(C)C)cc1NC(=O)[C@@H]1CCCN1.Cl.Cl. The van der Waals surface area contributed by atoms with Crippen LogP contribution in [0.5, 0.6) is 0 Å². The maximum atomic E-state index is 12.1. The molecule has 1 aliphatic heterocycles. The van der Waals surface area contributed by atoms with E-state index in [0.717, 1.165) is 37.2 Å². The fraction of sp³-hybridized carbons (Fsp3) is 0.533. The molecule has 0 aromatic heterocycles. The van der Waals surface area contributed by atoms with Gasteiger partial charge in [0, 0.05) is 12.2 Å². The minimum Gasteiger partial charge on any atom is -0.324 e. The third-order valence-corrected chi connectivity index (χ3v) is 3.44. The first-order valence-electron chi connectivity index (χ1n) is 6.85. The topological polar surface area (TPSA) is 44.4 Å². The number of carbonyl (C=O) groups excluding carboxylic acids is 1. The van der Waals surface area contributed by atoms with Gasteiger partial charge in [-0.15, -0.1) is 24.8 Å². The molecular weight excluding hydrogens is 309 g/mol. The Bertz CT molecular complexity index is 460. The first kappa shape index (κ1) is 20.2. The van der Waals surface area contributed by atoms with Crippen molar-refractivity contribution in [2.75, 3.05) is 26.0 Å². The predicted molar refractivity (Wildman–Crippen MR) is 92.7 cm³/mol. The Kier molecular flexibility index (Phi) is 8.90. The Hall–Kier alpha value is -0.810. The maximum Gasteiger partial charge on any atom is 0.241 e. The summed E-state index contributed by atoms with van der Waals surface area (Å²) < 4.78 is 0. The van der Waals surface area contributed by atoms with Crippen LogP contribution < -0.4 is 10.6 Å². The Morgan fingerprint density at radius 3 is 2.67 bits per heavy atom. The quantitative estimate of drug-likeness (QED) is 0.890. The molecular formula is C15H25Cl2N3O. The number of benzene rings is 1. The molecule has 1 aliphatic rings. The van der Waals surface area contributed by atoms with Crippen LogP contribution in [0.4, 0.5) is 5.69 Å². The minimum absolute atomic E-state index is 0. The number of nitrogens with zero attached hydrogens (tertiary/aromatic N) is 1. The molecule has 0 saturated carbocycles. The number of anilines is 1. The van der Waals surface area contributed by atoms with Crippen LogP contribution in [0.2, 0.25) is 0 Å². The molecule has 0 spiro atoms. The molecule has 120 valence electrons. The molecule has 1 saturated heterocycles. The molecule has 2 rings (SSSR count). The molecule has 0 bridgehead atoms. The fourth-order valence-corrected chi connectivity index (χ4v) is 2.40. The highest BCUT2D eigenvalue weighted by atomic mass is 35.5. The second kappa shape index (κ2) is 9.26. The second-order valence-corrected chi connectivity index (χ2v) is 5.53. The van der Waals surface area contributed by atoms with Gasteiger partial charge in [-0.1, -0.05) is 12.1 Å². The molecule has 1 fully saturated rings. The van der Waals surface area contributed by atoms with Crippen molar-refractivity contribution in [2.24, 2.45) is 0 Å². The third-order valence-electron chi connectivity index (χ3n) is 3.44. The van der Waals surface area contributed by atoms with Crippen LogP contribution in [0.15, 0.2) is 18.2 Å². The van der Waals surface area contributed by atoms with E-state index >= 15 is 0 Å². The van der Waals surface area contributed by atoms with Crippen molar-refractivity contribution in [3.63, 3.8) is 0 Å². The Balaban J connectivity index is 0.00000200. The first-order chi connectivity index (χ1) is 9.06. The van der Waals surface area contributed by atoms with Crippen molar-refractivity contribution in [2.45, 2.75) is 32.4 Å². The highest BCUT2D eigenvalue weighted by Gasteiger charge is 2.22. The summed E-state index contributed by atoms with van der Waals surface area (Å²) in [5, 5.41) is 6.27. The van der Waals surface area contributed by atoms with Crippen LogP contribution in [0, 0.1) is 6.92 Å². The van der Waals surface area contributed by atoms with E-state index in [4.69, 9.17) is 0 Å². The van der Waals surface area contributed by atoms with Gasteiger partial charge in [-0.2, -0.15) is 0 Å². The van der Waals surface area contributed by atoms with Crippen LogP contribution >= 0.6 is 24.8 Å². The Morgan fingerprint density at radius 1 is 1.38 bits per heavy atom. The van der Waals surface area contributed by atoms with E-state index in [1.54, 1.807) is 0 Å². The van der Waals surface area contributed by atoms with Crippen LogP contribution in [-0.4, -0.2) is 37.5 Å². The first-order valence-corrected chi connectivity index (χ1v) is 6.85. The molecule has 1 atom stereocenters. The van der Waals surface area contributed by atoms with Gasteiger partial charge in [-0.05, 0) is 57.6 Å². The standard InChI is InChI=1S/C15H23N3O.2ClH/c1-11-6-7-12(10-18(2)3)9-14(11)17-15(19)13-5-4-8-16-13;;/h6-7,9,13,16H,4-5,8,10H2,1-3H3,(H,17,19);2*1H/t13-;;/m0../s1. The zero-order valence-electron chi connectivity index (χ0n) is 12.8. The summed E-state index contributed by atoms with van der Waals surface area (Å²) in [4.78, 5) is 14.2. The van der Waals surface area contributed by atoms with Crippen molar-refractivity contribution >= 4 is 36.4 Å². The average molecular weight is 334 g/mol. The van der Waals surface area contributed by atoms with E-state index in [0.29, 0.717) is 0 Å². The van der Waals surface area contributed by atoms with Crippen LogP contribution in [0.1, 0.15) is 24.0 Å². The number of nitrogens with one attached hydrogen (secondary N) is 2. The maximum absolute atomic E-state index is 12.1. The monoisotopic (exact) mass is 333 g/mol. The van der Waals surface area contributed by atoms with Gasteiger partial charge in [0.05, 0.1) is 6.04 Å². The number of amides is 1. The summed E-state index contributed by atoms with van der Waals surface area (Å²) in [6.07, 6.45) is 2.01. The van der Waals surface area contributed by atoms with E-state index in [1.807, 2.05) is 21.0 Å². The van der Waals surface area contributed by atoms with Crippen molar-refractivity contribution in [3.05, 3.63) is 29.3 Å². The van der Waals surface area contributed by atoms with Gasteiger partial charge in [0.25, 0.3) is 0 Å². The lowest BCUT2D eigenvalue weighted by molar-refractivity contribution is -0.117. The largest absolute Gasteiger partial charge is 0.324 e. The number of carbonyl (C=O) groups is 1. The van der Waals surface area contributed by atoms with Gasteiger partial charge < -0.3 is 15.5 Å². The van der Waals surface area contributed by atoms with E-state index in [2.05, 4.69) is 33.7 Å². The summed E-state index contributed by atoms with van der Waals surface area (Å²) in [6.45, 7) is 3.85. The van der Waals surface area contributed by atoms with Gasteiger partial charge in [-0.25, -0.2) is 0 Å². The van der Waals surface area contributed by atoms with Gasteiger partial charge in [-0.3, -0.25) is 4.79 Å². The predicted octanol–water partition coefficient (Wildman–Crippen LogP) is 2.59. The van der Waals surface area contributed by atoms with Gasteiger partial charge >= 0.3 is 0 Å². The van der Waals surface area contributed by atoms with E-state index in [9.17, 15) is 4.79 Å². The fourth-order valence-electron chi connectivity index (χ4n) is 2.40. The van der Waals surface area contributed by atoms with Crippen LogP contribution in [0.25, 0.3) is 0 Å². The zero-order chi connectivity index (χ0) is 13.8. The molecule has 0 unspecified atom stereocenters. The highest BCUT2D eigenvalue weighted by Crippen LogP contribution is 2.19. The van der Waals surface area contributed by atoms with Crippen molar-refractivity contribution in [1.29, 1.82) is 0 Å². The highest BCUT2D eigenvalue weighted by molar-refractivity contribution is 5.95. The Morgan fingerprint density at radius 2 is 2.10 bits per heavy atom. The van der Waals surface area contributed by atoms with Crippen molar-refractivity contribution in [1.82, 2.24) is 10.2 Å². The third kappa shape index (κ3) is 5.83.